The minimum absolute atomic E-state index is 0.0740. The number of hydrogen-bond acceptors (Lipinski definition) is 4. The van der Waals surface area contributed by atoms with E-state index >= 15 is 0 Å². The number of rotatable bonds is 7. The fourth-order valence-electron chi connectivity index (χ4n) is 2.36. The molecule has 0 bridgehead atoms. The van der Waals surface area contributed by atoms with Gasteiger partial charge in [-0.1, -0.05) is 6.92 Å². The summed E-state index contributed by atoms with van der Waals surface area (Å²) in [6.07, 6.45) is 4.06. The first kappa shape index (κ1) is 16.6. The Balaban J connectivity index is 2.46. The van der Waals surface area contributed by atoms with Crippen molar-refractivity contribution in [1.29, 1.82) is 0 Å². The van der Waals surface area contributed by atoms with Gasteiger partial charge in [0.15, 0.2) is 0 Å². The second kappa shape index (κ2) is 7.97. The van der Waals surface area contributed by atoms with Crippen molar-refractivity contribution in [2.45, 2.75) is 31.4 Å². The van der Waals surface area contributed by atoms with E-state index in [1.165, 1.54) is 0 Å². The molecule has 1 aliphatic rings. The highest BCUT2D eigenvalue weighted by Gasteiger charge is 2.39. The van der Waals surface area contributed by atoms with Crippen LogP contribution in [0.25, 0.3) is 0 Å². The second-order valence-electron chi connectivity index (χ2n) is 5.32. The maximum atomic E-state index is 12.4. The number of nitrogens with one attached hydrogen (secondary N) is 2. The molecule has 0 aromatic carbocycles. The third-order valence-electron chi connectivity index (χ3n) is 3.87. The topological polar surface area (TPSA) is 67.4 Å². The van der Waals surface area contributed by atoms with E-state index in [1.54, 1.807) is 13.4 Å². The van der Waals surface area contributed by atoms with E-state index in [0.29, 0.717) is 13.2 Å². The van der Waals surface area contributed by atoms with E-state index in [2.05, 4.69) is 10.6 Å². The average molecular weight is 290 g/mol. The zero-order chi connectivity index (χ0) is 14.3. The first-order valence-corrected chi connectivity index (χ1v) is 8.44. The standard InChI is InChI=1S/C13H26N2O3S/c1-11(19(3)17)4-7-15-12(16)13(10-18-2)5-8-14-9-6-13/h11,14H,4-10H2,1-3H3,(H,15,16). The molecule has 6 heteroatoms. The normalized spacial score (nSPS) is 21.6. The molecular formula is C13H26N2O3S. The van der Waals surface area contributed by atoms with Crippen LogP contribution in [0, 0.1) is 5.41 Å². The summed E-state index contributed by atoms with van der Waals surface area (Å²) in [6, 6.07) is 0. The number of carbonyl (C=O) groups excluding carboxylic acids is 1. The van der Waals surface area contributed by atoms with Crippen LogP contribution in [0.3, 0.4) is 0 Å². The van der Waals surface area contributed by atoms with E-state index in [-0.39, 0.29) is 11.2 Å². The van der Waals surface area contributed by atoms with Gasteiger partial charge in [0.05, 0.1) is 12.0 Å². The van der Waals surface area contributed by atoms with Crippen molar-refractivity contribution in [2.24, 2.45) is 5.41 Å². The minimum atomic E-state index is -0.830. The van der Waals surface area contributed by atoms with Gasteiger partial charge in [-0.05, 0) is 32.4 Å². The van der Waals surface area contributed by atoms with Gasteiger partial charge >= 0.3 is 0 Å². The number of hydrogen-bond donors (Lipinski definition) is 2. The molecule has 0 aromatic rings. The SMILES string of the molecule is COCC1(C(=O)NCCC(C)S(C)=O)CCNCC1. The fraction of sp³-hybridized carbons (Fsp3) is 0.923. The lowest BCUT2D eigenvalue weighted by Crippen LogP contribution is -2.50. The molecule has 1 rings (SSSR count). The van der Waals surface area contributed by atoms with Crippen molar-refractivity contribution in [1.82, 2.24) is 10.6 Å². The maximum Gasteiger partial charge on any atom is 0.228 e. The first-order chi connectivity index (χ1) is 9.02. The molecule has 0 aromatic heterocycles. The Labute approximate surface area is 118 Å². The van der Waals surface area contributed by atoms with Crippen LogP contribution >= 0.6 is 0 Å². The molecule has 0 aliphatic carbocycles. The number of amides is 1. The van der Waals surface area contributed by atoms with E-state index in [1.807, 2.05) is 6.92 Å². The van der Waals surface area contributed by atoms with Crippen LogP contribution in [-0.4, -0.2) is 55.0 Å². The van der Waals surface area contributed by atoms with E-state index in [9.17, 15) is 9.00 Å². The van der Waals surface area contributed by atoms with Gasteiger partial charge in [-0.3, -0.25) is 9.00 Å². The lowest BCUT2D eigenvalue weighted by atomic mass is 9.78. The number of ether oxygens (including phenoxy) is 1. The van der Waals surface area contributed by atoms with E-state index < -0.39 is 16.2 Å². The predicted octanol–water partition coefficient (Wildman–Crippen LogP) is 0.276. The van der Waals surface area contributed by atoms with Gasteiger partial charge in [0, 0.05) is 36.0 Å². The summed E-state index contributed by atoms with van der Waals surface area (Å²) >= 11 is 0. The number of piperidine rings is 1. The van der Waals surface area contributed by atoms with Gasteiger partial charge in [-0.25, -0.2) is 0 Å². The summed E-state index contributed by atoms with van der Waals surface area (Å²) in [7, 11) is 0.809. The van der Waals surface area contributed by atoms with Crippen LogP contribution in [-0.2, 0) is 20.3 Å². The molecule has 2 unspecified atom stereocenters. The van der Waals surface area contributed by atoms with Crippen molar-refractivity contribution in [3.05, 3.63) is 0 Å². The molecule has 1 saturated heterocycles. The predicted molar refractivity (Wildman–Crippen MR) is 77.6 cm³/mol. The van der Waals surface area contributed by atoms with Crippen molar-refractivity contribution in [3.63, 3.8) is 0 Å². The van der Waals surface area contributed by atoms with Crippen LogP contribution in [0.4, 0.5) is 0 Å². The van der Waals surface area contributed by atoms with Crippen LogP contribution in [0.2, 0.25) is 0 Å². The highest BCUT2D eigenvalue weighted by molar-refractivity contribution is 7.84. The molecule has 5 nitrogen and oxygen atoms in total. The molecule has 0 saturated carbocycles. The third-order valence-corrected chi connectivity index (χ3v) is 5.23. The Morgan fingerprint density at radius 1 is 1.47 bits per heavy atom. The molecule has 19 heavy (non-hydrogen) atoms. The summed E-state index contributed by atoms with van der Waals surface area (Å²) < 4.78 is 16.5. The lowest BCUT2D eigenvalue weighted by Gasteiger charge is -2.35. The average Bonchev–Trinajstić information content (AvgIpc) is 2.39. The molecule has 0 spiro atoms. The summed E-state index contributed by atoms with van der Waals surface area (Å²) in [6.45, 7) is 4.70. The quantitative estimate of drug-likeness (QED) is 0.706. The van der Waals surface area contributed by atoms with Crippen LogP contribution < -0.4 is 10.6 Å². The van der Waals surface area contributed by atoms with Crippen LogP contribution in [0.1, 0.15) is 26.2 Å². The molecule has 2 atom stereocenters. The van der Waals surface area contributed by atoms with Crippen molar-refractivity contribution in [2.75, 3.05) is 39.6 Å². The summed E-state index contributed by atoms with van der Waals surface area (Å²) in [5, 5.41) is 6.37. The summed E-state index contributed by atoms with van der Waals surface area (Å²) in [5.41, 5.74) is -0.394. The van der Waals surface area contributed by atoms with Crippen molar-refractivity contribution in [3.8, 4) is 0 Å². The largest absolute Gasteiger partial charge is 0.384 e. The number of carbonyl (C=O) groups is 1. The smallest absolute Gasteiger partial charge is 0.228 e. The van der Waals surface area contributed by atoms with Crippen molar-refractivity contribution >= 4 is 16.7 Å². The monoisotopic (exact) mass is 290 g/mol. The van der Waals surface area contributed by atoms with E-state index in [0.717, 1.165) is 32.4 Å². The zero-order valence-corrected chi connectivity index (χ0v) is 13.0. The van der Waals surface area contributed by atoms with Gasteiger partial charge < -0.3 is 15.4 Å². The highest BCUT2D eigenvalue weighted by Crippen LogP contribution is 2.29. The van der Waals surface area contributed by atoms with Gasteiger partial charge in [0.25, 0.3) is 0 Å². The molecule has 2 N–H and O–H groups in total. The Hall–Kier alpha value is -0.460. The molecule has 0 radical (unpaired) electrons. The summed E-state index contributed by atoms with van der Waals surface area (Å²) in [5.74, 6) is 0.0740. The Morgan fingerprint density at radius 2 is 2.11 bits per heavy atom. The fourth-order valence-corrected chi connectivity index (χ4v) is 2.81. The summed E-state index contributed by atoms with van der Waals surface area (Å²) in [4.78, 5) is 12.4. The van der Waals surface area contributed by atoms with Crippen LogP contribution in [0.15, 0.2) is 0 Å². The second-order valence-corrected chi connectivity index (χ2v) is 7.12. The van der Waals surface area contributed by atoms with Gasteiger partial charge in [0.1, 0.15) is 0 Å². The number of methoxy groups -OCH3 is 1. The molecule has 1 aliphatic heterocycles. The minimum Gasteiger partial charge on any atom is -0.384 e. The zero-order valence-electron chi connectivity index (χ0n) is 12.2. The first-order valence-electron chi connectivity index (χ1n) is 6.82. The Kier molecular flexibility index (Phi) is 6.96. The van der Waals surface area contributed by atoms with Gasteiger partial charge in [-0.2, -0.15) is 0 Å². The lowest BCUT2D eigenvalue weighted by molar-refractivity contribution is -0.136. The molecule has 1 amide bonds. The molecule has 112 valence electrons. The van der Waals surface area contributed by atoms with Crippen LogP contribution in [0.5, 0.6) is 0 Å². The van der Waals surface area contributed by atoms with Gasteiger partial charge in [-0.15, -0.1) is 0 Å². The molecular weight excluding hydrogens is 264 g/mol. The Bertz CT molecular complexity index is 312. The Morgan fingerprint density at radius 3 is 2.63 bits per heavy atom. The molecule has 1 fully saturated rings. The maximum absolute atomic E-state index is 12.4. The van der Waals surface area contributed by atoms with E-state index in [4.69, 9.17) is 4.74 Å². The van der Waals surface area contributed by atoms with Crippen molar-refractivity contribution < 1.29 is 13.7 Å². The highest BCUT2D eigenvalue weighted by atomic mass is 32.2. The van der Waals surface area contributed by atoms with Gasteiger partial charge in [0.2, 0.25) is 5.91 Å². The molecule has 1 heterocycles. The third kappa shape index (κ3) is 4.85.